The van der Waals surface area contributed by atoms with Gasteiger partial charge >= 0.3 is 65.7 Å². The number of amides is 1. The Hall–Kier alpha value is -9.52. The lowest BCUT2D eigenvalue weighted by Crippen LogP contribution is -2.49. The van der Waals surface area contributed by atoms with Crippen LogP contribution in [-0.2, 0) is 107 Å². The van der Waals surface area contributed by atoms with Crippen LogP contribution in [0.4, 0.5) is 0 Å². The molecule has 1 saturated heterocycles. The van der Waals surface area contributed by atoms with Crippen LogP contribution in [0.25, 0.3) is 0 Å². The first kappa shape index (κ1) is 100. The molecular formula is C106H145N2O23+. The molecule has 8 saturated carbocycles. The summed E-state index contributed by atoms with van der Waals surface area (Å²) in [5.74, 6) is 4.06. The number of nitrogens with one attached hydrogen (secondary N) is 1. The number of aliphatic carboxylic acids is 2. The molecule has 9 fully saturated rings. The first-order valence-corrected chi connectivity index (χ1v) is 49.3. The maximum Gasteiger partial charge on any atom is 0.314 e. The standard InChI is InChI=1S/C29H41NO5.2C24H30O6.C20H26O3.C5H13N.C4H4O3/c1-4-5-6-17-30-27(32)13-14-28(33)35-21-8-10-22-20(18-21)7-9-24-23(22)15-16-29(3)25(24)11-12-26(29)34-19(2)31;2*1-14(25)29-21-8-7-20-19-5-3-15-13-16(30-23(28)10-9-22(26)27)4-6-17(15)18(19)11-12-24(20,21)2;1-12(21)23-19-8-7-18-17-5-3-13-11-14(22)4-6-15(13)16(17)9-10-20(18,19)2;1-2-3-4-5-6;5-3-1-2-4(6)7-3/h8,10,18,23-26H,4-7,9,11-17H2,1-3H3,(H,30,32);2*4,6,13,18-21H,3,5,7-12H2,1-2H3,(H,26,27);4,6,11,16-19,22H,3,5,7-10H2,1-2H3;2-6H2,1H3;1-2H2/p+1. The number of carboxylic acids is 2. The minimum atomic E-state index is -1.00. The van der Waals surface area contributed by atoms with Gasteiger partial charge in [-0.05, 0) is 337 Å². The number of ether oxygens (including phenoxy) is 8. The molecule has 4 aromatic carbocycles. The highest BCUT2D eigenvalue weighted by molar-refractivity contribution is 5.92. The van der Waals surface area contributed by atoms with E-state index in [1.807, 2.05) is 48.5 Å². The van der Waals surface area contributed by atoms with Gasteiger partial charge in [-0.1, -0.05) is 85.1 Å². The van der Waals surface area contributed by atoms with Crippen LogP contribution in [0.15, 0.2) is 72.8 Å². The van der Waals surface area contributed by atoms with Crippen molar-refractivity contribution in [2.24, 2.45) is 69.0 Å². The Morgan fingerprint density at radius 1 is 0.382 bits per heavy atom. The van der Waals surface area contributed by atoms with Gasteiger partial charge in [0.1, 0.15) is 47.4 Å². The number of carbonyl (C=O) groups excluding carboxylic acids is 10. The fourth-order valence-electron chi connectivity index (χ4n) is 26.6. The number of aryl methyl sites for hydroxylation is 4. The van der Waals surface area contributed by atoms with E-state index < -0.39 is 35.8 Å². The lowest BCUT2D eigenvalue weighted by molar-refractivity contribution is -0.368. The molecule has 17 rings (SSSR count). The number of hydrogen-bond donors (Lipinski definition) is 5. The van der Waals surface area contributed by atoms with Gasteiger partial charge in [0.2, 0.25) is 5.91 Å². The summed E-state index contributed by atoms with van der Waals surface area (Å²) in [4.78, 5) is 135. The summed E-state index contributed by atoms with van der Waals surface area (Å²) in [5.41, 5.74) is 14.8. The molecule has 25 nitrogen and oxygen atoms in total. The molecule has 7 N–H and O–H groups in total. The van der Waals surface area contributed by atoms with Gasteiger partial charge in [0, 0.05) is 62.3 Å². The number of aromatic hydroxyl groups is 1. The first-order chi connectivity index (χ1) is 62.6. The monoisotopic (exact) mass is 1810 g/mol. The van der Waals surface area contributed by atoms with Crippen LogP contribution in [0.3, 0.4) is 0 Å². The lowest BCUT2D eigenvalue weighted by Gasteiger charge is -2.50. The first-order valence-electron chi connectivity index (χ1n) is 49.3. The number of esters is 9. The van der Waals surface area contributed by atoms with E-state index in [-0.39, 0.29) is 133 Å². The van der Waals surface area contributed by atoms with E-state index >= 15 is 0 Å². The van der Waals surface area contributed by atoms with Crippen molar-refractivity contribution in [3.63, 3.8) is 0 Å². The predicted molar refractivity (Wildman–Crippen MR) is 488 cm³/mol. The quantitative estimate of drug-likeness (QED) is 0.0151. The fourth-order valence-corrected chi connectivity index (χ4v) is 26.6. The third-order valence-corrected chi connectivity index (χ3v) is 32.7. The summed E-state index contributed by atoms with van der Waals surface area (Å²) >= 11 is 0. The van der Waals surface area contributed by atoms with Gasteiger partial charge in [-0.25, -0.2) is 0 Å². The molecule has 20 atom stereocenters. The van der Waals surface area contributed by atoms with E-state index in [2.05, 4.69) is 81.6 Å². The van der Waals surface area contributed by atoms with Crippen molar-refractivity contribution in [2.45, 2.75) is 361 Å². The lowest BCUT2D eigenvalue weighted by atomic mass is 9.55. The topological polar surface area (TPSA) is 379 Å². The van der Waals surface area contributed by atoms with Crippen molar-refractivity contribution in [3.8, 4) is 23.0 Å². The molecule has 1 heterocycles. The van der Waals surface area contributed by atoms with Gasteiger partial charge in [0.15, 0.2) is 0 Å². The SMILES string of the molecule is CC(=O)OC1CCC2C3CCc4cc(O)ccc4C3CCC12C.CC(=O)OC1CCC2C3CCc4cc(OC(=O)CCC(=O)O)ccc4C3CCC12C.CC(=O)OC1CCC2C3CCc4cc(OC(=O)CCC(=O)O)ccc4C3CCC12C.CCCCCNC(=O)CCC(=O)Oc1ccc2c(c1)CCC1C2CCC2(C)C(OC(C)=O)CCC12.CCCCC[NH3+].O=C1CCC(=O)O1. The zero-order valence-electron chi connectivity index (χ0n) is 79.2. The third kappa shape index (κ3) is 24.4. The number of unbranched alkanes of at least 4 members (excludes halogenated alkanes) is 4. The van der Waals surface area contributed by atoms with Gasteiger partial charge in [-0.3, -0.25) is 57.5 Å². The number of rotatable bonds is 23. The van der Waals surface area contributed by atoms with Crippen LogP contribution in [-0.4, -0.2) is 124 Å². The summed E-state index contributed by atoms with van der Waals surface area (Å²) in [6.45, 7) is 21.5. The van der Waals surface area contributed by atoms with Gasteiger partial charge in [-0.15, -0.1) is 0 Å². The van der Waals surface area contributed by atoms with E-state index in [9.17, 15) is 62.6 Å². The van der Waals surface area contributed by atoms with Crippen molar-refractivity contribution in [1.29, 1.82) is 0 Å². The van der Waals surface area contributed by atoms with Crippen molar-refractivity contribution < 1.29 is 116 Å². The number of carbonyl (C=O) groups is 12. The van der Waals surface area contributed by atoms with E-state index in [1.165, 1.54) is 111 Å². The minimum Gasteiger partial charge on any atom is -0.508 e. The maximum absolute atomic E-state index is 12.3. The molecule has 0 spiro atoms. The summed E-state index contributed by atoms with van der Waals surface area (Å²) < 4.78 is 43.2. The number of quaternary nitrogens is 1. The van der Waals surface area contributed by atoms with E-state index in [0.29, 0.717) is 101 Å². The molecular weight excluding hydrogens is 1670 g/mol. The van der Waals surface area contributed by atoms with Crippen molar-refractivity contribution in [1.82, 2.24) is 5.32 Å². The molecule has 131 heavy (non-hydrogen) atoms. The molecule has 13 aliphatic rings. The molecule has 1 amide bonds. The highest BCUT2D eigenvalue weighted by Gasteiger charge is 2.61. The van der Waals surface area contributed by atoms with Gasteiger partial charge in [-0.2, -0.15) is 0 Å². The molecule has 4 aromatic rings. The van der Waals surface area contributed by atoms with E-state index in [0.717, 1.165) is 161 Å². The second-order valence-corrected chi connectivity index (χ2v) is 40.7. The molecule has 12 aliphatic carbocycles. The summed E-state index contributed by atoms with van der Waals surface area (Å²) in [6, 6.07) is 23.8. The number of carboxylic acid groups (broad SMARTS) is 2. The van der Waals surface area contributed by atoms with Gasteiger partial charge < -0.3 is 64.3 Å². The highest BCUT2D eigenvalue weighted by Crippen LogP contribution is 2.66. The molecule has 0 bridgehead atoms. The van der Waals surface area contributed by atoms with Crippen molar-refractivity contribution in [3.05, 3.63) is 117 Å². The van der Waals surface area contributed by atoms with Crippen LogP contribution in [0, 0.1) is 69.0 Å². The van der Waals surface area contributed by atoms with E-state index in [1.54, 1.807) is 0 Å². The Bertz CT molecular complexity index is 4610. The van der Waals surface area contributed by atoms with Gasteiger partial charge in [0.05, 0.1) is 51.5 Å². The second kappa shape index (κ2) is 45.0. The smallest absolute Gasteiger partial charge is 0.314 e. The Morgan fingerprint density at radius 2 is 0.679 bits per heavy atom. The normalized spacial score (nSPS) is 30.5. The van der Waals surface area contributed by atoms with Crippen LogP contribution in [0.5, 0.6) is 23.0 Å². The molecule has 20 unspecified atom stereocenters. The van der Waals surface area contributed by atoms with Crippen LogP contribution < -0.4 is 25.3 Å². The van der Waals surface area contributed by atoms with E-state index in [4.69, 9.17) is 43.4 Å². The zero-order valence-corrected chi connectivity index (χ0v) is 79.2. The molecule has 25 heteroatoms. The summed E-state index contributed by atoms with van der Waals surface area (Å²) in [6.07, 6.45) is 33.2. The number of hydrogen-bond acceptors (Lipinski definition) is 21. The maximum atomic E-state index is 12.3. The van der Waals surface area contributed by atoms with Gasteiger partial charge in [0.25, 0.3) is 0 Å². The number of phenolic OH excluding ortho intramolecular Hbond substituents is 1. The van der Waals surface area contributed by atoms with Crippen molar-refractivity contribution >= 4 is 71.6 Å². The average Bonchev–Trinajstić information content (AvgIpc) is 1.20. The van der Waals surface area contributed by atoms with Crippen LogP contribution in [0.2, 0.25) is 0 Å². The average molecular weight is 1820 g/mol. The number of phenols is 1. The Balaban J connectivity index is 0.000000151. The number of cyclic esters (lactones) is 2. The predicted octanol–water partition coefficient (Wildman–Crippen LogP) is 18.4. The molecule has 1 aliphatic heterocycles. The Labute approximate surface area is 773 Å². The van der Waals surface area contributed by atoms with Crippen molar-refractivity contribution in [2.75, 3.05) is 13.1 Å². The number of fused-ring (bicyclic) bond motifs is 20. The molecule has 716 valence electrons. The third-order valence-electron chi connectivity index (χ3n) is 32.7. The van der Waals surface area contributed by atoms with Crippen LogP contribution >= 0.6 is 0 Å². The largest absolute Gasteiger partial charge is 0.508 e. The Morgan fingerprint density at radius 3 is 0.954 bits per heavy atom. The Kier molecular flexibility index (Phi) is 34.5. The second-order valence-electron chi connectivity index (χ2n) is 40.7. The minimum absolute atomic E-state index is 0.0370. The summed E-state index contributed by atoms with van der Waals surface area (Å²) in [5, 5.41) is 30.0. The molecule has 0 radical (unpaired) electrons. The van der Waals surface area contributed by atoms with Crippen LogP contribution in [0.1, 0.15) is 356 Å². The summed E-state index contributed by atoms with van der Waals surface area (Å²) in [7, 11) is 0. The molecule has 0 aromatic heterocycles. The fraction of sp³-hybridized carbons (Fsp3) is 0.660. The highest BCUT2D eigenvalue weighted by atomic mass is 16.6. The number of benzene rings is 4. The zero-order chi connectivity index (χ0) is 94.2.